The van der Waals surface area contributed by atoms with Crippen LogP contribution in [0.1, 0.15) is 16.4 Å². The average Bonchev–Trinajstić information content (AvgIpc) is 2.93. The highest BCUT2D eigenvalue weighted by Crippen LogP contribution is 2.38. The lowest BCUT2D eigenvalue weighted by Gasteiger charge is -2.20. The first-order valence-electron chi connectivity index (χ1n) is 11.8. The number of amides is 1. The van der Waals surface area contributed by atoms with Gasteiger partial charge in [0.2, 0.25) is 5.91 Å². The van der Waals surface area contributed by atoms with Crippen LogP contribution in [-0.4, -0.2) is 15.5 Å². The molecule has 1 N–H and O–H groups in total. The third kappa shape index (κ3) is 5.73. The molecule has 1 atom stereocenters. The molecule has 5 rings (SSSR count). The summed E-state index contributed by atoms with van der Waals surface area (Å²) in [4.78, 5) is 31.8. The molecule has 1 amide bonds. The third-order valence-corrected chi connectivity index (χ3v) is 7.48. The summed E-state index contributed by atoms with van der Waals surface area (Å²) in [5.74, 6) is -1.19. The lowest BCUT2D eigenvalue weighted by molar-refractivity contribution is -0.137. The van der Waals surface area contributed by atoms with Gasteiger partial charge in [0, 0.05) is 0 Å². The van der Waals surface area contributed by atoms with Gasteiger partial charge in [0.15, 0.2) is 5.16 Å². The Morgan fingerprint density at radius 3 is 2.30 bits per heavy atom. The minimum absolute atomic E-state index is 0.0785. The average molecular weight is 584 g/mol. The van der Waals surface area contributed by atoms with Crippen LogP contribution in [0.25, 0.3) is 16.6 Å². The second-order valence-electron chi connectivity index (χ2n) is 8.62. The van der Waals surface area contributed by atoms with Gasteiger partial charge in [-0.2, -0.15) is 13.2 Å². The number of hydrogen-bond acceptors (Lipinski definition) is 4. The van der Waals surface area contributed by atoms with Gasteiger partial charge in [0.25, 0.3) is 5.56 Å². The molecule has 0 spiro atoms. The molecule has 5 aromatic rings. The summed E-state index contributed by atoms with van der Waals surface area (Å²) < 4.78 is 54.9. The minimum atomic E-state index is -4.64. The molecule has 0 aliphatic heterocycles. The van der Waals surface area contributed by atoms with Gasteiger partial charge in [0.1, 0.15) is 11.1 Å². The second-order valence-corrected chi connectivity index (χ2v) is 10.1. The van der Waals surface area contributed by atoms with Crippen LogP contribution in [0.2, 0.25) is 5.02 Å². The van der Waals surface area contributed by atoms with E-state index in [1.807, 2.05) is 0 Å². The first-order valence-corrected chi connectivity index (χ1v) is 13.0. The maximum absolute atomic E-state index is 13.7. The maximum atomic E-state index is 13.7. The van der Waals surface area contributed by atoms with E-state index in [1.54, 1.807) is 54.6 Å². The highest BCUT2D eigenvalue weighted by Gasteiger charge is 2.32. The van der Waals surface area contributed by atoms with E-state index in [9.17, 15) is 27.2 Å². The summed E-state index contributed by atoms with van der Waals surface area (Å²) in [6, 6.07) is 23.0. The van der Waals surface area contributed by atoms with Gasteiger partial charge in [-0.3, -0.25) is 14.2 Å². The van der Waals surface area contributed by atoms with Crippen LogP contribution in [0.15, 0.2) is 107 Å². The number of alkyl halides is 3. The Hall–Kier alpha value is -4.15. The normalized spacial score (nSPS) is 12.3. The monoisotopic (exact) mass is 583 g/mol. The molecule has 202 valence electrons. The van der Waals surface area contributed by atoms with Crippen molar-refractivity contribution in [3.05, 3.63) is 129 Å². The van der Waals surface area contributed by atoms with Crippen molar-refractivity contribution in [2.75, 3.05) is 5.32 Å². The summed E-state index contributed by atoms with van der Waals surface area (Å²) in [5.41, 5.74) is -0.432. The highest BCUT2D eigenvalue weighted by atomic mass is 35.5. The number of halogens is 5. The number of benzene rings is 4. The summed E-state index contributed by atoms with van der Waals surface area (Å²) in [6.45, 7) is 0. The molecule has 11 heteroatoms. The van der Waals surface area contributed by atoms with E-state index < -0.39 is 34.3 Å². The van der Waals surface area contributed by atoms with Crippen molar-refractivity contribution in [3.63, 3.8) is 0 Å². The van der Waals surface area contributed by atoms with Crippen LogP contribution >= 0.6 is 23.4 Å². The Balaban J connectivity index is 1.62. The van der Waals surface area contributed by atoms with Gasteiger partial charge in [-0.15, -0.1) is 0 Å². The fourth-order valence-electron chi connectivity index (χ4n) is 4.01. The first kappa shape index (κ1) is 27.4. The predicted molar refractivity (Wildman–Crippen MR) is 147 cm³/mol. The van der Waals surface area contributed by atoms with Crippen molar-refractivity contribution >= 4 is 45.9 Å². The Morgan fingerprint density at radius 2 is 1.60 bits per heavy atom. The molecule has 40 heavy (non-hydrogen) atoms. The number of nitrogens with one attached hydrogen (secondary N) is 1. The van der Waals surface area contributed by atoms with Gasteiger partial charge in [-0.1, -0.05) is 65.8 Å². The topological polar surface area (TPSA) is 64.0 Å². The molecule has 0 bridgehead atoms. The van der Waals surface area contributed by atoms with Gasteiger partial charge in [-0.25, -0.2) is 9.37 Å². The predicted octanol–water partition coefficient (Wildman–Crippen LogP) is 7.67. The quantitative estimate of drug-likeness (QED) is 0.127. The number of thioether (sulfide) groups is 1. The number of carbonyl (C=O) groups excluding carboxylic acids is 1. The summed E-state index contributed by atoms with van der Waals surface area (Å²) in [6.07, 6.45) is -4.64. The van der Waals surface area contributed by atoms with Crippen molar-refractivity contribution < 1.29 is 22.4 Å². The molecular formula is C29H18ClF4N3O2S. The standard InChI is InChI=1S/C29H18ClF4N3O2S/c30-22-15-10-18(29(32,33)34)16-24(22)35-26(38)25(17-6-2-1-3-7-17)40-28-36-23-9-5-4-8-21(23)27(39)37(28)20-13-11-19(31)12-14-20/h1-16,25H,(H,35,38)/t25-/m0/s1. The molecule has 0 aliphatic rings. The van der Waals surface area contributed by atoms with Crippen LogP contribution in [0.4, 0.5) is 23.2 Å². The zero-order valence-corrected chi connectivity index (χ0v) is 21.9. The molecule has 1 heterocycles. The molecule has 0 unspecified atom stereocenters. The van der Waals surface area contributed by atoms with Crippen LogP contribution in [0, 0.1) is 5.82 Å². The highest BCUT2D eigenvalue weighted by molar-refractivity contribution is 8.00. The van der Waals surface area contributed by atoms with E-state index in [1.165, 1.54) is 28.8 Å². The Kier molecular flexibility index (Phi) is 7.64. The molecule has 0 radical (unpaired) electrons. The van der Waals surface area contributed by atoms with Crippen molar-refractivity contribution in [2.45, 2.75) is 16.6 Å². The number of para-hydroxylation sites is 1. The van der Waals surface area contributed by atoms with Crippen LogP contribution in [0.5, 0.6) is 0 Å². The van der Waals surface area contributed by atoms with Crippen LogP contribution < -0.4 is 10.9 Å². The number of fused-ring (bicyclic) bond motifs is 1. The van der Waals surface area contributed by atoms with Crippen molar-refractivity contribution in [1.82, 2.24) is 9.55 Å². The van der Waals surface area contributed by atoms with Crippen molar-refractivity contribution in [3.8, 4) is 5.69 Å². The van der Waals surface area contributed by atoms with E-state index in [0.29, 0.717) is 22.2 Å². The lowest BCUT2D eigenvalue weighted by Crippen LogP contribution is -2.24. The Morgan fingerprint density at radius 1 is 0.925 bits per heavy atom. The molecule has 5 nitrogen and oxygen atoms in total. The zero-order chi connectivity index (χ0) is 28.4. The van der Waals surface area contributed by atoms with Crippen molar-refractivity contribution in [2.24, 2.45) is 0 Å². The van der Waals surface area contributed by atoms with Gasteiger partial charge in [0.05, 0.1) is 32.9 Å². The first-order chi connectivity index (χ1) is 19.1. The zero-order valence-electron chi connectivity index (χ0n) is 20.3. The number of nitrogens with zero attached hydrogens (tertiary/aromatic N) is 2. The number of hydrogen-bond donors (Lipinski definition) is 1. The van der Waals surface area contributed by atoms with E-state index in [0.717, 1.165) is 30.0 Å². The summed E-state index contributed by atoms with van der Waals surface area (Å²) >= 11 is 7.05. The van der Waals surface area contributed by atoms with Crippen LogP contribution in [-0.2, 0) is 11.0 Å². The molecule has 1 aromatic heterocycles. The smallest absolute Gasteiger partial charge is 0.323 e. The fourth-order valence-corrected chi connectivity index (χ4v) is 5.29. The third-order valence-electron chi connectivity index (χ3n) is 5.95. The minimum Gasteiger partial charge on any atom is -0.323 e. The lowest BCUT2D eigenvalue weighted by atomic mass is 10.1. The molecule has 0 saturated heterocycles. The maximum Gasteiger partial charge on any atom is 0.416 e. The van der Waals surface area contributed by atoms with E-state index in [4.69, 9.17) is 11.6 Å². The molecule has 0 aliphatic carbocycles. The van der Waals surface area contributed by atoms with E-state index in [2.05, 4.69) is 10.3 Å². The van der Waals surface area contributed by atoms with Crippen LogP contribution in [0.3, 0.4) is 0 Å². The largest absolute Gasteiger partial charge is 0.416 e. The van der Waals surface area contributed by atoms with E-state index >= 15 is 0 Å². The van der Waals surface area contributed by atoms with E-state index in [-0.39, 0.29) is 15.9 Å². The number of carbonyl (C=O) groups is 1. The SMILES string of the molecule is O=C(Nc1cc(C(F)(F)F)ccc1Cl)[C@@H](Sc1nc2ccccc2c(=O)n1-c1ccc(F)cc1)c1ccccc1. The molecule has 4 aromatic carbocycles. The van der Waals surface area contributed by atoms with Gasteiger partial charge >= 0.3 is 6.18 Å². The van der Waals surface area contributed by atoms with Gasteiger partial charge in [-0.05, 0) is 60.2 Å². The molecule has 0 saturated carbocycles. The Labute approximate surface area is 234 Å². The second kappa shape index (κ2) is 11.1. The summed E-state index contributed by atoms with van der Waals surface area (Å²) in [5, 5.41) is 1.79. The van der Waals surface area contributed by atoms with Gasteiger partial charge < -0.3 is 5.32 Å². The number of rotatable bonds is 6. The number of aromatic nitrogens is 2. The number of anilines is 1. The Bertz CT molecular complexity index is 1760. The fraction of sp³-hybridized carbons (Fsp3) is 0.0690. The summed E-state index contributed by atoms with van der Waals surface area (Å²) in [7, 11) is 0. The molecular weight excluding hydrogens is 566 g/mol. The van der Waals surface area contributed by atoms with Crippen molar-refractivity contribution in [1.29, 1.82) is 0 Å². The molecule has 0 fully saturated rings.